The molecule has 0 heterocycles. The maximum Gasteiger partial charge on any atom is 0.130 e. The van der Waals surface area contributed by atoms with Gasteiger partial charge in [0.05, 0.1) is 12.5 Å². The van der Waals surface area contributed by atoms with Gasteiger partial charge in [0.15, 0.2) is 0 Å². The maximum absolute atomic E-state index is 11.6. The Bertz CT molecular complexity index is 548. The average molecular weight is 254 g/mol. The van der Waals surface area contributed by atoms with Crippen LogP contribution >= 0.6 is 0 Å². The Morgan fingerprint density at radius 3 is 2.47 bits per heavy atom. The summed E-state index contributed by atoms with van der Waals surface area (Å²) in [6.07, 6.45) is 1.71. The fourth-order valence-corrected chi connectivity index (χ4v) is 2.21. The number of hydrogen-bond acceptors (Lipinski definition) is 2. The normalized spacial score (nSPS) is 13.6. The lowest BCUT2D eigenvalue weighted by Gasteiger charge is -2.24. The highest BCUT2D eigenvalue weighted by Gasteiger charge is 2.26. The Morgan fingerprint density at radius 2 is 1.84 bits per heavy atom. The maximum atomic E-state index is 11.6. The third kappa shape index (κ3) is 3.02. The quantitative estimate of drug-likeness (QED) is 0.764. The fourth-order valence-electron chi connectivity index (χ4n) is 2.21. The molecule has 0 amide bonds. The van der Waals surface area contributed by atoms with Gasteiger partial charge in [0, 0.05) is 0 Å². The zero-order valence-electron chi connectivity index (χ0n) is 11.3. The second kappa shape index (κ2) is 5.70. The van der Waals surface area contributed by atoms with E-state index in [2.05, 4.69) is 0 Å². The van der Waals surface area contributed by atoms with Gasteiger partial charge >= 0.3 is 0 Å². The first kappa shape index (κ1) is 13.3. The Labute approximate surface area is 114 Å². The molecule has 0 aliphatic carbocycles. The number of carbonyl (C=O) groups excluding carboxylic acids is 1. The molecule has 0 aliphatic rings. The third-order valence-corrected chi connectivity index (χ3v) is 3.40. The van der Waals surface area contributed by atoms with Crippen LogP contribution < -0.4 is 4.74 Å². The van der Waals surface area contributed by atoms with Crippen LogP contribution in [0.4, 0.5) is 0 Å². The molecule has 1 atom stereocenters. The zero-order valence-corrected chi connectivity index (χ0v) is 11.3. The Morgan fingerprint density at radius 1 is 1.11 bits per heavy atom. The summed E-state index contributed by atoms with van der Waals surface area (Å²) in [5.41, 5.74) is 1.60. The Hall–Kier alpha value is -2.09. The van der Waals surface area contributed by atoms with Crippen molar-refractivity contribution in [2.24, 2.45) is 0 Å². The molecule has 2 aromatic carbocycles. The van der Waals surface area contributed by atoms with Crippen LogP contribution in [0.15, 0.2) is 54.6 Å². The van der Waals surface area contributed by atoms with Crippen LogP contribution in [-0.4, -0.2) is 13.4 Å². The first-order valence-corrected chi connectivity index (χ1v) is 6.33. The molecule has 0 N–H and O–H groups in total. The van der Waals surface area contributed by atoms with Crippen molar-refractivity contribution in [3.05, 3.63) is 65.7 Å². The van der Waals surface area contributed by atoms with E-state index in [-0.39, 0.29) is 0 Å². The highest BCUT2D eigenvalue weighted by atomic mass is 16.5. The molecule has 2 aromatic rings. The predicted molar refractivity (Wildman–Crippen MR) is 76.6 cm³/mol. The molecule has 1 unspecified atom stereocenters. The molecule has 0 radical (unpaired) electrons. The minimum atomic E-state index is -0.532. The molecular weight excluding hydrogens is 236 g/mol. The van der Waals surface area contributed by atoms with E-state index in [1.165, 1.54) is 0 Å². The molecule has 2 heteroatoms. The third-order valence-electron chi connectivity index (χ3n) is 3.40. The highest BCUT2D eigenvalue weighted by molar-refractivity contribution is 5.69. The molecule has 0 aliphatic heterocycles. The van der Waals surface area contributed by atoms with E-state index in [4.69, 9.17) is 4.74 Å². The average Bonchev–Trinajstić information content (AvgIpc) is 2.48. The molecular formula is C17H18O2. The second-order valence-corrected chi connectivity index (χ2v) is 4.93. The molecule has 0 fully saturated rings. The van der Waals surface area contributed by atoms with Crippen molar-refractivity contribution < 1.29 is 9.53 Å². The van der Waals surface area contributed by atoms with Crippen molar-refractivity contribution in [1.29, 1.82) is 0 Å². The summed E-state index contributed by atoms with van der Waals surface area (Å²) >= 11 is 0. The van der Waals surface area contributed by atoms with Gasteiger partial charge in [-0.15, -0.1) is 0 Å². The van der Waals surface area contributed by atoms with Crippen LogP contribution in [0.2, 0.25) is 0 Å². The largest absolute Gasteiger partial charge is 0.497 e. The van der Waals surface area contributed by atoms with Gasteiger partial charge in [-0.1, -0.05) is 42.5 Å². The SMILES string of the molecule is COc1cccc(C(C)(C=O)Cc2ccccc2)c1. The van der Waals surface area contributed by atoms with Crippen molar-refractivity contribution in [2.45, 2.75) is 18.8 Å². The lowest BCUT2D eigenvalue weighted by molar-refractivity contribution is -0.112. The summed E-state index contributed by atoms with van der Waals surface area (Å²) in [6.45, 7) is 1.96. The summed E-state index contributed by atoms with van der Waals surface area (Å²) in [7, 11) is 1.63. The number of carbonyl (C=O) groups is 1. The molecule has 2 rings (SSSR count). The van der Waals surface area contributed by atoms with E-state index in [0.29, 0.717) is 6.42 Å². The lowest BCUT2D eigenvalue weighted by Crippen LogP contribution is -2.26. The summed E-state index contributed by atoms with van der Waals surface area (Å²) in [6, 6.07) is 17.8. The van der Waals surface area contributed by atoms with Crippen LogP contribution in [0.25, 0.3) is 0 Å². The molecule has 0 saturated carbocycles. The minimum absolute atomic E-state index is 0.532. The van der Waals surface area contributed by atoms with Gasteiger partial charge in [-0.25, -0.2) is 0 Å². The van der Waals surface area contributed by atoms with Crippen LogP contribution in [0.3, 0.4) is 0 Å². The number of aldehydes is 1. The number of methoxy groups -OCH3 is 1. The summed E-state index contributed by atoms with van der Waals surface area (Å²) in [5, 5.41) is 0. The number of hydrogen-bond donors (Lipinski definition) is 0. The summed E-state index contributed by atoms with van der Waals surface area (Å²) < 4.78 is 5.23. The molecule has 19 heavy (non-hydrogen) atoms. The fraction of sp³-hybridized carbons (Fsp3) is 0.235. The monoisotopic (exact) mass is 254 g/mol. The molecule has 0 spiro atoms. The first-order valence-electron chi connectivity index (χ1n) is 6.33. The first-order chi connectivity index (χ1) is 9.18. The van der Waals surface area contributed by atoms with E-state index in [9.17, 15) is 4.79 Å². The second-order valence-electron chi connectivity index (χ2n) is 4.93. The molecule has 2 nitrogen and oxygen atoms in total. The molecule has 0 aromatic heterocycles. The summed E-state index contributed by atoms with van der Waals surface area (Å²) in [4.78, 5) is 11.6. The van der Waals surface area contributed by atoms with E-state index >= 15 is 0 Å². The standard InChI is InChI=1S/C17H18O2/c1-17(13-18,12-14-7-4-3-5-8-14)15-9-6-10-16(11-15)19-2/h3-11,13H,12H2,1-2H3. The van der Waals surface area contributed by atoms with Crippen molar-refractivity contribution in [3.63, 3.8) is 0 Å². The Kier molecular flexibility index (Phi) is 4.00. The van der Waals surface area contributed by atoms with Crippen molar-refractivity contribution in [1.82, 2.24) is 0 Å². The van der Waals surface area contributed by atoms with Gasteiger partial charge in [0.1, 0.15) is 12.0 Å². The van der Waals surface area contributed by atoms with Crippen LogP contribution in [0.1, 0.15) is 18.1 Å². The van der Waals surface area contributed by atoms with E-state index in [0.717, 1.165) is 23.2 Å². The Balaban J connectivity index is 2.33. The topological polar surface area (TPSA) is 26.3 Å². The zero-order chi connectivity index (χ0) is 13.7. The lowest BCUT2D eigenvalue weighted by atomic mass is 9.78. The van der Waals surface area contributed by atoms with E-state index < -0.39 is 5.41 Å². The van der Waals surface area contributed by atoms with Crippen LogP contribution in [0, 0.1) is 0 Å². The number of rotatable bonds is 5. The minimum Gasteiger partial charge on any atom is -0.497 e. The van der Waals surface area contributed by atoms with Gasteiger partial charge in [0.25, 0.3) is 0 Å². The van der Waals surface area contributed by atoms with E-state index in [1.807, 2.05) is 61.5 Å². The van der Waals surface area contributed by atoms with Crippen molar-refractivity contribution >= 4 is 6.29 Å². The van der Waals surface area contributed by atoms with Gasteiger partial charge in [0.2, 0.25) is 0 Å². The van der Waals surface area contributed by atoms with Crippen LogP contribution in [0.5, 0.6) is 5.75 Å². The van der Waals surface area contributed by atoms with Gasteiger partial charge in [-0.2, -0.15) is 0 Å². The molecule has 0 saturated heterocycles. The summed E-state index contributed by atoms with van der Waals surface area (Å²) in [5.74, 6) is 0.777. The van der Waals surface area contributed by atoms with Gasteiger partial charge in [-0.05, 0) is 36.6 Å². The predicted octanol–water partition coefficient (Wildman–Crippen LogP) is 3.39. The van der Waals surface area contributed by atoms with Crippen molar-refractivity contribution in [3.8, 4) is 5.75 Å². The smallest absolute Gasteiger partial charge is 0.130 e. The molecule has 0 bridgehead atoms. The van der Waals surface area contributed by atoms with Gasteiger partial charge in [-0.3, -0.25) is 0 Å². The van der Waals surface area contributed by atoms with Gasteiger partial charge < -0.3 is 9.53 Å². The molecule has 98 valence electrons. The van der Waals surface area contributed by atoms with Crippen LogP contribution in [-0.2, 0) is 16.6 Å². The van der Waals surface area contributed by atoms with E-state index in [1.54, 1.807) is 7.11 Å². The highest BCUT2D eigenvalue weighted by Crippen LogP contribution is 2.28. The number of benzene rings is 2. The number of ether oxygens (including phenoxy) is 1. The van der Waals surface area contributed by atoms with Crippen molar-refractivity contribution in [2.75, 3.05) is 7.11 Å².